The molecule has 0 spiro atoms. The predicted octanol–water partition coefficient (Wildman–Crippen LogP) is 3.94. The van der Waals surface area contributed by atoms with E-state index >= 15 is 8.78 Å². The summed E-state index contributed by atoms with van der Waals surface area (Å²) < 4.78 is 42.2. The molecule has 0 saturated carbocycles. The third kappa shape index (κ3) is 4.73. The lowest BCUT2D eigenvalue weighted by molar-refractivity contribution is -0.0554. The van der Waals surface area contributed by atoms with Crippen LogP contribution < -0.4 is 0 Å². The molecule has 2 atom stereocenters. The molecule has 3 heterocycles. The summed E-state index contributed by atoms with van der Waals surface area (Å²) in [6, 6.07) is 2.87. The lowest BCUT2D eigenvalue weighted by Gasteiger charge is -2.37. The van der Waals surface area contributed by atoms with Gasteiger partial charge in [0.15, 0.2) is 6.23 Å². The molecule has 1 aromatic heterocycles. The van der Waals surface area contributed by atoms with E-state index in [0.29, 0.717) is 36.0 Å². The monoisotopic (exact) mass is 481 g/mol. The van der Waals surface area contributed by atoms with Gasteiger partial charge in [0.25, 0.3) is 5.91 Å². The first-order chi connectivity index (χ1) is 15.9. The Balaban J connectivity index is 1.70. The highest BCUT2D eigenvalue weighted by atomic mass is 35.5. The first-order valence-electron chi connectivity index (χ1n) is 11.0. The zero-order valence-electron chi connectivity index (χ0n) is 18.3. The van der Waals surface area contributed by atoms with Crippen LogP contribution in [0, 0.1) is 5.82 Å². The Morgan fingerprint density at radius 3 is 2.67 bits per heavy atom. The highest BCUT2D eigenvalue weighted by Gasteiger charge is 2.44. The van der Waals surface area contributed by atoms with Gasteiger partial charge in [-0.2, -0.15) is 0 Å². The number of alkyl halides is 1. The molecule has 10 heteroatoms. The number of benzene rings is 1. The maximum Gasteiger partial charge on any atom is 0.257 e. The molecule has 2 aliphatic heterocycles. The number of rotatable bonds is 8. The number of hydrogen-bond acceptors (Lipinski definition) is 6. The smallest absolute Gasteiger partial charge is 0.257 e. The largest absolute Gasteiger partial charge is 0.394 e. The van der Waals surface area contributed by atoms with Gasteiger partial charge in [0.1, 0.15) is 17.3 Å². The van der Waals surface area contributed by atoms with Gasteiger partial charge in [-0.1, -0.05) is 18.5 Å². The SMILES string of the molecule is CC[C@H](c1cc(F)c2c(c1)C(=O)N(Cc1ncc(Cl)cn1)C2OCCO)C1(F)CCOCC1. The fourth-order valence-corrected chi connectivity index (χ4v) is 4.81. The number of aromatic nitrogens is 2. The third-order valence-electron chi connectivity index (χ3n) is 6.28. The number of nitrogens with zero attached hydrogens (tertiary/aromatic N) is 3. The topological polar surface area (TPSA) is 84.8 Å². The molecular weight excluding hydrogens is 456 g/mol. The zero-order valence-corrected chi connectivity index (χ0v) is 19.0. The van der Waals surface area contributed by atoms with Crippen LogP contribution in [0.5, 0.6) is 0 Å². The van der Waals surface area contributed by atoms with Gasteiger partial charge in [0.2, 0.25) is 0 Å². The second-order valence-corrected chi connectivity index (χ2v) is 8.71. The van der Waals surface area contributed by atoms with Crippen molar-refractivity contribution in [1.82, 2.24) is 14.9 Å². The van der Waals surface area contributed by atoms with Crippen LogP contribution in [0.25, 0.3) is 0 Å². The molecule has 7 nitrogen and oxygen atoms in total. The number of carbonyl (C=O) groups is 1. The maximum atomic E-state index is 15.8. The van der Waals surface area contributed by atoms with Gasteiger partial charge in [-0.3, -0.25) is 4.79 Å². The molecule has 1 saturated heterocycles. The van der Waals surface area contributed by atoms with Crippen LogP contribution in [0.15, 0.2) is 24.5 Å². The number of hydrogen-bond donors (Lipinski definition) is 1. The number of aliphatic hydroxyl groups is 1. The molecule has 1 N–H and O–H groups in total. The summed E-state index contributed by atoms with van der Waals surface area (Å²) in [4.78, 5) is 22.9. The van der Waals surface area contributed by atoms with Crippen LogP contribution in [0.2, 0.25) is 5.02 Å². The molecule has 1 fully saturated rings. The van der Waals surface area contributed by atoms with Crippen LogP contribution in [0.4, 0.5) is 8.78 Å². The van der Waals surface area contributed by atoms with Gasteiger partial charge in [-0.25, -0.2) is 18.7 Å². The lowest BCUT2D eigenvalue weighted by Crippen LogP contribution is -2.37. The molecule has 0 aliphatic carbocycles. The van der Waals surface area contributed by atoms with E-state index in [-0.39, 0.29) is 43.7 Å². The first-order valence-corrected chi connectivity index (χ1v) is 11.4. The van der Waals surface area contributed by atoms with Gasteiger partial charge < -0.3 is 19.5 Å². The number of carbonyl (C=O) groups excluding carboxylic acids is 1. The van der Waals surface area contributed by atoms with E-state index < -0.39 is 29.5 Å². The van der Waals surface area contributed by atoms with Gasteiger partial charge in [0, 0.05) is 49.9 Å². The number of aliphatic hydroxyl groups excluding tert-OH is 1. The van der Waals surface area contributed by atoms with Crippen LogP contribution in [-0.2, 0) is 16.0 Å². The molecule has 178 valence electrons. The van der Waals surface area contributed by atoms with E-state index in [0.717, 1.165) is 0 Å². The normalized spacial score (nSPS) is 20.7. The Morgan fingerprint density at radius 2 is 2.03 bits per heavy atom. The average Bonchev–Trinajstić information content (AvgIpc) is 3.06. The van der Waals surface area contributed by atoms with Crippen LogP contribution in [0.1, 0.15) is 65.6 Å². The minimum Gasteiger partial charge on any atom is -0.394 e. The van der Waals surface area contributed by atoms with Crippen LogP contribution in [-0.4, -0.2) is 58.0 Å². The fraction of sp³-hybridized carbons (Fsp3) is 0.522. The van der Waals surface area contributed by atoms with E-state index in [1.807, 2.05) is 6.92 Å². The number of amides is 1. The van der Waals surface area contributed by atoms with E-state index in [9.17, 15) is 9.90 Å². The van der Waals surface area contributed by atoms with Gasteiger partial charge in [-0.05, 0) is 24.1 Å². The molecule has 1 amide bonds. The van der Waals surface area contributed by atoms with Crippen molar-refractivity contribution >= 4 is 17.5 Å². The Kier molecular flexibility index (Phi) is 7.23. The van der Waals surface area contributed by atoms with Crippen molar-refractivity contribution in [2.24, 2.45) is 0 Å². The Morgan fingerprint density at radius 1 is 1.33 bits per heavy atom. The van der Waals surface area contributed by atoms with Crippen molar-refractivity contribution in [3.63, 3.8) is 0 Å². The summed E-state index contributed by atoms with van der Waals surface area (Å²) >= 11 is 5.84. The van der Waals surface area contributed by atoms with Crippen LogP contribution >= 0.6 is 11.6 Å². The van der Waals surface area contributed by atoms with E-state index in [1.165, 1.54) is 23.4 Å². The lowest BCUT2D eigenvalue weighted by atomic mass is 9.76. The molecule has 1 unspecified atom stereocenters. The molecular formula is C23H26ClF2N3O4. The standard InChI is InChI=1S/C23H26ClF2N3O4/c1-2-17(23(26)3-6-32-7-4-23)14-9-16-20(18(25)10-14)22(33-8-5-30)29(21(16)31)13-19-27-11-15(24)12-28-19/h9-12,17,22,30H,2-8,13H2,1H3/t17-,22?/m1/s1. The number of halogens is 3. The summed E-state index contributed by atoms with van der Waals surface area (Å²) in [5.74, 6) is -1.39. The van der Waals surface area contributed by atoms with E-state index in [1.54, 1.807) is 6.07 Å². The molecule has 4 rings (SSSR count). The van der Waals surface area contributed by atoms with E-state index in [4.69, 9.17) is 21.1 Å². The van der Waals surface area contributed by atoms with Crippen molar-refractivity contribution in [3.8, 4) is 0 Å². The van der Waals surface area contributed by atoms with Crippen LogP contribution in [0.3, 0.4) is 0 Å². The molecule has 33 heavy (non-hydrogen) atoms. The van der Waals surface area contributed by atoms with Gasteiger partial charge in [0.05, 0.1) is 30.3 Å². The summed E-state index contributed by atoms with van der Waals surface area (Å²) in [6.45, 7) is 2.04. The van der Waals surface area contributed by atoms with E-state index in [2.05, 4.69) is 9.97 Å². The summed E-state index contributed by atoms with van der Waals surface area (Å²) in [5, 5.41) is 9.57. The molecule has 2 aromatic rings. The highest BCUT2D eigenvalue weighted by Crippen LogP contribution is 2.45. The molecule has 0 bridgehead atoms. The summed E-state index contributed by atoms with van der Waals surface area (Å²) in [7, 11) is 0. The molecule has 0 radical (unpaired) electrons. The second-order valence-electron chi connectivity index (χ2n) is 8.27. The molecule has 2 aliphatic rings. The summed E-state index contributed by atoms with van der Waals surface area (Å²) in [6.07, 6.45) is 2.65. The zero-order chi connectivity index (χ0) is 23.6. The van der Waals surface area contributed by atoms with Crippen molar-refractivity contribution < 1.29 is 28.2 Å². The third-order valence-corrected chi connectivity index (χ3v) is 6.48. The molecule has 1 aromatic carbocycles. The Hall–Kier alpha value is -2.20. The van der Waals surface area contributed by atoms with Crippen molar-refractivity contribution in [1.29, 1.82) is 0 Å². The predicted molar refractivity (Wildman–Crippen MR) is 116 cm³/mol. The quantitative estimate of drug-likeness (QED) is 0.614. The van der Waals surface area contributed by atoms with Crippen molar-refractivity contribution in [3.05, 3.63) is 57.9 Å². The average molecular weight is 482 g/mol. The maximum absolute atomic E-state index is 15.8. The second kappa shape index (κ2) is 9.97. The Bertz CT molecular complexity index is 1000. The minimum absolute atomic E-state index is 0.0445. The fourth-order valence-electron chi connectivity index (χ4n) is 4.71. The number of ether oxygens (including phenoxy) is 2. The highest BCUT2D eigenvalue weighted by molar-refractivity contribution is 6.30. The Labute approximate surface area is 195 Å². The van der Waals surface area contributed by atoms with Gasteiger partial charge in [-0.15, -0.1) is 0 Å². The number of fused-ring (bicyclic) bond motifs is 1. The minimum atomic E-state index is -1.53. The van der Waals surface area contributed by atoms with Crippen molar-refractivity contribution in [2.75, 3.05) is 26.4 Å². The van der Waals surface area contributed by atoms with Crippen molar-refractivity contribution in [2.45, 2.75) is 50.5 Å². The summed E-state index contributed by atoms with van der Waals surface area (Å²) in [5.41, 5.74) is -0.896. The first kappa shape index (κ1) is 23.9. The van der Waals surface area contributed by atoms with Gasteiger partial charge >= 0.3 is 0 Å².